The van der Waals surface area contributed by atoms with Crippen LogP contribution in [0.4, 0.5) is 10.2 Å². The van der Waals surface area contributed by atoms with Gasteiger partial charge >= 0.3 is 0 Å². The van der Waals surface area contributed by atoms with Gasteiger partial charge in [0.05, 0.1) is 0 Å². The molecule has 0 unspecified atom stereocenters. The molecule has 0 atom stereocenters. The van der Waals surface area contributed by atoms with E-state index in [1.54, 1.807) is 29.4 Å². The third-order valence-corrected chi connectivity index (χ3v) is 4.73. The van der Waals surface area contributed by atoms with Crippen LogP contribution in [-0.4, -0.2) is 51.5 Å². The first-order valence-electron chi connectivity index (χ1n) is 9.12. The normalized spacial score (nSPS) is 14.6. The molecule has 0 radical (unpaired) electrons. The molecule has 3 aromatic rings. The molecule has 2 aromatic heterocycles. The zero-order valence-corrected chi connectivity index (χ0v) is 15.3. The lowest BCUT2D eigenvalue weighted by molar-refractivity contribution is -0.126. The van der Waals surface area contributed by atoms with Crippen molar-refractivity contribution in [3.05, 3.63) is 78.6 Å². The summed E-state index contributed by atoms with van der Waals surface area (Å²) in [5.74, 6) is 1.20. The van der Waals surface area contributed by atoms with E-state index < -0.39 is 0 Å². The van der Waals surface area contributed by atoms with Crippen LogP contribution in [0.1, 0.15) is 5.56 Å². The molecule has 0 N–H and O–H groups in total. The van der Waals surface area contributed by atoms with Crippen LogP contribution in [0.5, 0.6) is 0 Å². The third-order valence-electron chi connectivity index (χ3n) is 4.73. The van der Waals surface area contributed by atoms with E-state index in [0.29, 0.717) is 31.7 Å². The fraction of sp³-hybridized carbons (Fsp3) is 0.190. The predicted molar refractivity (Wildman–Crippen MR) is 106 cm³/mol. The van der Waals surface area contributed by atoms with Gasteiger partial charge in [-0.2, -0.15) is 0 Å². The minimum absolute atomic E-state index is 0.112. The lowest BCUT2D eigenvalue weighted by Gasteiger charge is -2.35. The number of aromatic nitrogens is 3. The van der Waals surface area contributed by atoms with Gasteiger partial charge in [0.1, 0.15) is 23.8 Å². The number of halogens is 1. The van der Waals surface area contributed by atoms with E-state index in [1.165, 1.54) is 18.2 Å². The van der Waals surface area contributed by atoms with Crippen molar-refractivity contribution < 1.29 is 9.18 Å². The minimum atomic E-state index is -0.335. The molecule has 28 heavy (non-hydrogen) atoms. The summed E-state index contributed by atoms with van der Waals surface area (Å²) in [5.41, 5.74) is 0.410. The number of hydrogen-bond acceptors (Lipinski definition) is 4. The highest BCUT2D eigenvalue weighted by Gasteiger charge is 2.21. The monoisotopic (exact) mass is 377 g/mol. The van der Waals surface area contributed by atoms with Gasteiger partial charge in [-0.05, 0) is 24.3 Å². The molecule has 1 aliphatic rings. The van der Waals surface area contributed by atoms with Crippen LogP contribution < -0.4 is 4.90 Å². The van der Waals surface area contributed by atoms with Crippen LogP contribution in [0.2, 0.25) is 0 Å². The van der Waals surface area contributed by atoms with Crippen molar-refractivity contribution in [1.82, 2.24) is 19.4 Å². The Labute approximate surface area is 162 Å². The SMILES string of the molecule is O=C(/C=C/c1ccccc1F)N1CCN(c2cc(-n3cccc3)ncn2)CC1. The van der Waals surface area contributed by atoms with Gasteiger partial charge in [-0.3, -0.25) is 4.79 Å². The lowest BCUT2D eigenvalue weighted by Crippen LogP contribution is -2.48. The molecule has 1 saturated heterocycles. The largest absolute Gasteiger partial charge is 0.353 e. The van der Waals surface area contributed by atoms with Crippen molar-refractivity contribution in [3.8, 4) is 5.82 Å². The second-order valence-electron chi connectivity index (χ2n) is 6.49. The molecule has 1 aliphatic heterocycles. The van der Waals surface area contributed by atoms with Crippen molar-refractivity contribution in [2.24, 2.45) is 0 Å². The lowest BCUT2D eigenvalue weighted by atomic mass is 10.2. The molecule has 0 saturated carbocycles. The van der Waals surface area contributed by atoms with E-state index in [1.807, 2.05) is 35.2 Å². The molecule has 4 rings (SSSR count). The smallest absolute Gasteiger partial charge is 0.246 e. The first kappa shape index (κ1) is 17.9. The van der Waals surface area contributed by atoms with E-state index in [9.17, 15) is 9.18 Å². The Morgan fingerprint density at radius 3 is 2.43 bits per heavy atom. The van der Waals surface area contributed by atoms with Gasteiger partial charge in [0.15, 0.2) is 0 Å². The molecule has 1 fully saturated rings. The average Bonchev–Trinajstić information content (AvgIpc) is 3.28. The molecule has 142 valence electrons. The molecule has 0 bridgehead atoms. The van der Waals surface area contributed by atoms with Crippen LogP contribution in [0.3, 0.4) is 0 Å². The van der Waals surface area contributed by atoms with E-state index >= 15 is 0 Å². The van der Waals surface area contributed by atoms with Crippen LogP contribution >= 0.6 is 0 Å². The molecular weight excluding hydrogens is 357 g/mol. The van der Waals surface area contributed by atoms with E-state index in [2.05, 4.69) is 14.9 Å². The minimum Gasteiger partial charge on any atom is -0.353 e. The van der Waals surface area contributed by atoms with Gasteiger partial charge in [0.2, 0.25) is 5.91 Å². The Morgan fingerprint density at radius 2 is 1.68 bits per heavy atom. The number of anilines is 1. The zero-order valence-electron chi connectivity index (χ0n) is 15.3. The van der Waals surface area contributed by atoms with Crippen molar-refractivity contribution in [2.75, 3.05) is 31.1 Å². The Hall–Kier alpha value is -3.48. The molecule has 3 heterocycles. The van der Waals surface area contributed by atoms with Crippen LogP contribution in [0.15, 0.2) is 67.3 Å². The standard InChI is InChI=1S/C21H20FN5O/c22-18-6-2-1-5-17(18)7-8-21(28)27-13-11-26(12-14-27)20-15-19(23-16-24-20)25-9-3-4-10-25/h1-10,15-16H,11-14H2/b8-7+. The number of piperazine rings is 1. The molecule has 6 nitrogen and oxygen atoms in total. The van der Waals surface area contributed by atoms with E-state index in [0.717, 1.165) is 11.6 Å². The van der Waals surface area contributed by atoms with Crippen molar-refractivity contribution in [2.45, 2.75) is 0 Å². The molecule has 1 amide bonds. The molecular formula is C21H20FN5O. The van der Waals surface area contributed by atoms with Crippen molar-refractivity contribution in [3.63, 3.8) is 0 Å². The highest BCUT2D eigenvalue weighted by Crippen LogP contribution is 2.16. The molecule has 0 spiro atoms. The Kier molecular flexibility index (Phi) is 5.14. The van der Waals surface area contributed by atoms with E-state index in [-0.39, 0.29) is 11.7 Å². The average molecular weight is 377 g/mol. The highest BCUT2D eigenvalue weighted by atomic mass is 19.1. The summed E-state index contributed by atoms with van der Waals surface area (Å²) in [4.78, 5) is 25.0. The fourth-order valence-corrected chi connectivity index (χ4v) is 3.17. The first-order valence-corrected chi connectivity index (χ1v) is 9.12. The Morgan fingerprint density at radius 1 is 0.964 bits per heavy atom. The van der Waals surface area contributed by atoms with Gasteiger partial charge in [0, 0.05) is 56.3 Å². The summed E-state index contributed by atoms with van der Waals surface area (Å²) < 4.78 is 15.6. The summed E-state index contributed by atoms with van der Waals surface area (Å²) in [7, 11) is 0. The maximum absolute atomic E-state index is 13.7. The number of carbonyl (C=O) groups excluding carboxylic acids is 1. The summed E-state index contributed by atoms with van der Waals surface area (Å²) >= 11 is 0. The van der Waals surface area contributed by atoms with Crippen LogP contribution in [0.25, 0.3) is 11.9 Å². The highest BCUT2D eigenvalue weighted by molar-refractivity contribution is 5.92. The van der Waals surface area contributed by atoms with Gasteiger partial charge < -0.3 is 14.4 Å². The van der Waals surface area contributed by atoms with Gasteiger partial charge in [-0.1, -0.05) is 18.2 Å². The Bertz CT molecular complexity index is 978. The number of nitrogens with zero attached hydrogens (tertiary/aromatic N) is 5. The summed E-state index contributed by atoms with van der Waals surface area (Å²) in [6.45, 7) is 2.54. The first-order chi connectivity index (χ1) is 13.7. The van der Waals surface area contributed by atoms with Gasteiger partial charge in [-0.25, -0.2) is 14.4 Å². The topological polar surface area (TPSA) is 54.3 Å². The quantitative estimate of drug-likeness (QED) is 0.656. The maximum Gasteiger partial charge on any atom is 0.246 e. The second kappa shape index (κ2) is 8.04. The number of carbonyl (C=O) groups is 1. The van der Waals surface area contributed by atoms with Gasteiger partial charge in [-0.15, -0.1) is 0 Å². The van der Waals surface area contributed by atoms with Gasteiger partial charge in [0.25, 0.3) is 0 Å². The summed E-state index contributed by atoms with van der Waals surface area (Å²) in [5, 5.41) is 0. The summed E-state index contributed by atoms with van der Waals surface area (Å²) in [6, 6.07) is 12.2. The fourth-order valence-electron chi connectivity index (χ4n) is 3.17. The molecule has 1 aromatic carbocycles. The van der Waals surface area contributed by atoms with Crippen molar-refractivity contribution in [1.29, 1.82) is 0 Å². The number of hydrogen-bond donors (Lipinski definition) is 0. The zero-order chi connectivity index (χ0) is 19.3. The number of rotatable bonds is 4. The van der Waals surface area contributed by atoms with Crippen LogP contribution in [-0.2, 0) is 4.79 Å². The van der Waals surface area contributed by atoms with E-state index in [4.69, 9.17) is 0 Å². The third kappa shape index (κ3) is 3.93. The summed E-state index contributed by atoms with van der Waals surface area (Å²) in [6.07, 6.45) is 8.38. The number of amides is 1. The van der Waals surface area contributed by atoms with Crippen LogP contribution in [0, 0.1) is 5.82 Å². The van der Waals surface area contributed by atoms with Crippen molar-refractivity contribution >= 4 is 17.8 Å². The predicted octanol–water partition coefficient (Wildman–Crippen LogP) is 2.77. The molecule has 7 heteroatoms. The maximum atomic E-state index is 13.7. The Balaban J connectivity index is 1.38. The second-order valence-corrected chi connectivity index (χ2v) is 6.49. The molecule has 0 aliphatic carbocycles. The number of benzene rings is 1.